The molecule has 0 bridgehead atoms. The van der Waals surface area contributed by atoms with Crippen molar-refractivity contribution >= 4 is 40.9 Å². The number of carbonyl (C=O) groups excluding carboxylic acids is 3. The number of fused-ring (bicyclic) bond motifs is 1. The summed E-state index contributed by atoms with van der Waals surface area (Å²) < 4.78 is 7.62. The normalized spacial score (nSPS) is 19.5. The van der Waals surface area contributed by atoms with Crippen LogP contribution >= 0.6 is 23.2 Å². The van der Waals surface area contributed by atoms with E-state index in [2.05, 4.69) is 34.3 Å². The highest BCUT2D eigenvalue weighted by Gasteiger charge is 2.30. The number of nitrogens with two attached hydrogens (primary N) is 1. The summed E-state index contributed by atoms with van der Waals surface area (Å²) in [6.45, 7) is 8.18. The molecule has 48 heavy (non-hydrogen) atoms. The van der Waals surface area contributed by atoms with Crippen molar-refractivity contribution in [2.24, 2.45) is 11.7 Å². The fourth-order valence-corrected chi connectivity index (χ4v) is 6.63. The van der Waals surface area contributed by atoms with Gasteiger partial charge in [0.05, 0.1) is 36.0 Å². The second-order valence-electron chi connectivity index (χ2n) is 12.3. The van der Waals surface area contributed by atoms with Crippen molar-refractivity contribution in [3.05, 3.63) is 62.8 Å². The van der Waals surface area contributed by atoms with Gasteiger partial charge in [0.2, 0.25) is 0 Å². The molecule has 3 heterocycles. The summed E-state index contributed by atoms with van der Waals surface area (Å²) in [6, 6.07) is 5.96. The Hall–Kier alpha value is -3.66. The minimum absolute atomic E-state index is 0.220. The molecule has 3 aliphatic rings. The Bertz CT molecular complexity index is 1660. The van der Waals surface area contributed by atoms with E-state index in [0.717, 1.165) is 68.2 Å². The maximum atomic E-state index is 12.8. The van der Waals surface area contributed by atoms with Crippen LogP contribution in [-0.4, -0.2) is 96.3 Å². The second-order valence-corrected chi connectivity index (χ2v) is 13.1. The molecule has 5 rings (SSSR count). The highest BCUT2D eigenvalue weighted by Crippen LogP contribution is 2.33. The fraction of sp³-hybridized carbons (Fsp3) is 0.486. The van der Waals surface area contributed by atoms with Gasteiger partial charge in [0.15, 0.2) is 0 Å². The monoisotopic (exact) mass is 695 g/mol. The summed E-state index contributed by atoms with van der Waals surface area (Å²) in [7, 11) is 1.87. The molecule has 11 nitrogen and oxygen atoms in total. The molecule has 1 aliphatic carbocycles. The number of ether oxygens (including phenoxy) is 1. The average molecular weight is 697 g/mol. The van der Waals surface area contributed by atoms with E-state index in [9.17, 15) is 14.4 Å². The van der Waals surface area contributed by atoms with Crippen LogP contribution < -0.4 is 16.4 Å². The molecule has 2 aromatic rings. The standard InChI is InChI=1S/C35H43Cl2N7O4/c1-23-22-48-18-17-42(23)14-4-15-44-31-11-16-43(35(47)33(38)45)21-28(31)32(41-44)26-8-10-29(36)25(20-26)7-5-24-6-9-30(37)27(19-24)34(46)40-13-3-12-39-2/h8-10,19-20,23-24,39H,3-4,6,11-18,21-22H2,1-2H3,(H2,38,45)(H,40,46)/t23-,24?/m0/s1. The molecule has 1 fully saturated rings. The van der Waals surface area contributed by atoms with Gasteiger partial charge in [0.1, 0.15) is 0 Å². The second kappa shape index (κ2) is 16.6. The van der Waals surface area contributed by atoms with E-state index in [4.69, 9.17) is 38.8 Å². The number of carbonyl (C=O) groups is 3. The minimum atomic E-state index is -0.974. The van der Waals surface area contributed by atoms with Crippen LogP contribution in [0.5, 0.6) is 0 Å². The average Bonchev–Trinajstić information content (AvgIpc) is 3.45. The van der Waals surface area contributed by atoms with E-state index in [1.54, 1.807) is 12.1 Å². The summed E-state index contributed by atoms with van der Waals surface area (Å²) >= 11 is 13.0. The number of primary amides is 1. The molecule has 3 amide bonds. The number of hydrogen-bond acceptors (Lipinski definition) is 7. The molecule has 1 unspecified atom stereocenters. The van der Waals surface area contributed by atoms with E-state index in [1.807, 2.05) is 29.9 Å². The van der Waals surface area contributed by atoms with Gasteiger partial charge < -0.3 is 26.0 Å². The Morgan fingerprint density at radius 1 is 1.15 bits per heavy atom. The van der Waals surface area contributed by atoms with E-state index in [-0.39, 0.29) is 18.4 Å². The third-order valence-corrected chi connectivity index (χ3v) is 9.58. The highest BCUT2D eigenvalue weighted by atomic mass is 35.5. The zero-order chi connectivity index (χ0) is 34.2. The number of morpholine rings is 1. The number of aromatic nitrogens is 2. The van der Waals surface area contributed by atoms with Gasteiger partial charge in [-0.05, 0) is 51.9 Å². The van der Waals surface area contributed by atoms with Gasteiger partial charge in [0.25, 0.3) is 5.91 Å². The predicted octanol–water partition coefficient (Wildman–Crippen LogP) is 2.83. The van der Waals surface area contributed by atoms with Crippen LogP contribution in [0.25, 0.3) is 11.3 Å². The summed E-state index contributed by atoms with van der Waals surface area (Å²) in [5, 5.41) is 11.9. The number of aryl methyl sites for hydroxylation is 1. The van der Waals surface area contributed by atoms with Crippen molar-refractivity contribution in [3.63, 3.8) is 0 Å². The number of rotatable bonds is 10. The van der Waals surface area contributed by atoms with Crippen LogP contribution in [0.15, 0.2) is 41.0 Å². The van der Waals surface area contributed by atoms with Crippen molar-refractivity contribution in [2.75, 3.05) is 53.0 Å². The zero-order valence-electron chi connectivity index (χ0n) is 27.5. The molecule has 1 aromatic carbocycles. The Labute approximate surface area is 291 Å². The summed E-state index contributed by atoms with van der Waals surface area (Å²) in [5.41, 5.74) is 9.84. The summed E-state index contributed by atoms with van der Waals surface area (Å²) in [5.74, 6) is 4.35. The molecular weight excluding hydrogens is 653 g/mol. The smallest absolute Gasteiger partial charge is 0.311 e. The lowest BCUT2D eigenvalue weighted by molar-refractivity contribution is -0.144. The molecular formula is C35H43Cl2N7O4. The zero-order valence-corrected chi connectivity index (χ0v) is 29.0. The lowest BCUT2D eigenvalue weighted by Crippen LogP contribution is -2.44. The van der Waals surface area contributed by atoms with Crippen LogP contribution in [0.1, 0.15) is 43.0 Å². The van der Waals surface area contributed by atoms with Crippen molar-refractivity contribution in [1.29, 1.82) is 0 Å². The fourth-order valence-electron chi connectivity index (χ4n) is 6.23. The molecule has 2 atom stereocenters. The summed E-state index contributed by atoms with van der Waals surface area (Å²) in [4.78, 5) is 41.0. The van der Waals surface area contributed by atoms with Crippen LogP contribution in [0.4, 0.5) is 0 Å². The predicted molar refractivity (Wildman–Crippen MR) is 186 cm³/mol. The summed E-state index contributed by atoms with van der Waals surface area (Å²) in [6.07, 6.45) is 6.47. The number of benzene rings is 1. The van der Waals surface area contributed by atoms with Crippen molar-refractivity contribution in [1.82, 2.24) is 30.2 Å². The molecule has 256 valence electrons. The van der Waals surface area contributed by atoms with Crippen LogP contribution in [0.2, 0.25) is 5.02 Å². The largest absolute Gasteiger partial charge is 0.379 e. The maximum Gasteiger partial charge on any atom is 0.311 e. The van der Waals surface area contributed by atoms with Crippen molar-refractivity contribution < 1.29 is 19.1 Å². The lowest BCUT2D eigenvalue weighted by Gasteiger charge is -2.33. The first-order chi connectivity index (χ1) is 23.2. The highest BCUT2D eigenvalue weighted by molar-refractivity contribution is 6.35. The van der Waals surface area contributed by atoms with Crippen molar-refractivity contribution in [3.8, 4) is 23.1 Å². The van der Waals surface area contributed by atoms with Gasteiger partial charge >= 0.3 is 11.8 Å². The van der Waals surface area contributed by atoms with Crippen LogP contribution in [0.3, 0.4) is 0 Å². The maximum absolute atomic E-state index is 12.8. The third kappa shape index (κ3) is 8.67. The van der Waals surface area contributed by atoms with Crippen LogP contribution in [-0.2, 0) is 38.6 Å². The first-order valence-corrected chi connectivity index (χ1v) is 17.2. The lowest BCUT2D eigenvalue weighted by atomic mass is 9.95. The minimum Gasteiger partial charge on any atom is -0.379 e. The quantitative estimate of drug-likeness (QED) is 0.198. The Balaban J connectivity index is 1.38. The Morgan fingerprint density at radius 2 is 1.98 bits per heavy atom. The molecule has 4 N–H and O–H groups in total. The topological polar surface area (TPSA) is 135 Å². The van der Waals surface area contributed by atoms with E-state index < -0.39 is 11.8 Å². The first kappa shape index (κ1) is 35.6. The SMILES string of the molecule is CNCCCNC(=O)C1=CC(C#Cc2cc(-c3nn(CCCN4CCOC[C@@H]4C)c4c3CN(C(=O)C(N)=O)CC4)ccc2Cl)CC=C1Cl. The molecule has 1 aromatic heterocycles. The number of nitrogens with zero attached hydrogens (tertiary/aromatic N) is 4. The molecule has 0 saturated carbocycles. The van der Waals surface area contributed by atoms with Gasteiger partial charge in [0, 0.05) is 78.5 Å². The van der Waals surface area contributed by atoms with E-state index >= 15 is 0 Å². The number of nitrogens with one attached hydrogen (secondary N) is 2. The molecule has 1 saturated heterocycles. The van der Waals surface area contributed by atoms with Crippen LogP contribution in [0, 0.1) is 17.8 Å². The molecule has 0 spiro atoms. The van der Waals surface area contributed by atoms with Gasteiger partial charge in [-0.25, -0.2) is 0 Å². The van der Waals surface area contributed by atoms with Gasteiger partial charge in [-0.3, -0.25) is 24.0 Å². The number of amides is 3. The number of allylic oxidation sites excluding steroid dienone is 2. The van der Waals surface area contributed by atoms with Gasteiger partial charge in [-0.15, -0.1) is 0 Å². The molecule has 13 heteroatoms. The number of hydrogen-bond donors (Lipinski definition) is 3. The Kier molecular flexibility index (Phi) is 12.4. The van der Waals surface area contributed by atoms with Crippen molar-refractivity contribution in [2.45, 2.75) is 51.7 Å². The van der Waals surface area contributed by atoms with E-state index in [1.165, 1.54) is 4.90 Å². The third-order valence-electron chi connectivity index (χ3n) is 8.89. The van der Waals surface area contributed by atoms with Gasteiger partial charge in [-0.2, -0.15) is 5.10 Å². The molecule has 2 aliphatic heterocycles. The number of halogens is 2. The Morgan fingerprint density at radius 3 is 2.75 bits per heavy atom. The van der Waals surface area contributed by atoms with E-state index in [0.29, 0.717) is 59.7 Å². The first-order valence-electron chi connectivity index (χ1n) is 16.5. The van der Waals surface area contributed by atoms with Gasteiger partial charge in [-0.1, -0.05) is 53.3 Å². The molecule has 0 radical (unpaired) electrons.